The summed E-state index contributed by atoms with van der Waals surface area (Å²) in [6.07, 6.45) is 0.570. The van der Waals surface area contributed by atoms with E-state index in [-0.39, 0.29) is 23.3 Å². The third kappa shape index (κ3) is 2.25. The van der Waals surface area contributed by atoms with E-state index < -0.39 is 9.84 Å². The second kappa shape index (κ2) is 4.14. The van der Waals surface area contributed by atoms with Gasteiger partial charge >= 0.3 is 0 Å². The molecule has 1 aromatic rings. The molecule has 2 rings (SSSR count). The lowest BCUT2D eigenvalue weighted by Gasteiger charge is -2.00. The Hall–Kier alpha value is -0.950. The van der Waals surface area contributed by atoms with E-state index in [1.807, 2.05) is 6.92 Å². The first kappa shape index (κ1) is 11.5. The van der Waals surface area contributed by atoms with Crippen molar-refractivity contribution >= 4 is 9.84 Å². The molecular weight excluding hydrogens is 230 g/mol. The quantitative estimate of drug-likeness (QED) is 0.806. The highest BCUT2D eigenvalue weighted by molar-refractivity contribution is 7.91. The number of hydrogen-bond donors (Lipinski definition) is 1. The zero-order chi connectivity index (χ0) is 11.8. The van der Waals surface area contributed by atoms with Crippen LogP contribution in [-0.2, 0) is 9.84 Å². The van der Waals surface area contributed by atoms with Gasteiger partial charge in [0.2, 0.25) is 5.89 Å². The van der Waals surface area contributed by atoms with Crippen LogP contribution in [0.15, 0.2) is 4.52 Å². The molecule has 1 saturated heterocycles. The highest BCUT2D eigenvalue weighted by Crippen LogP contribution is 2.28. The number of nitrogens with zero attached hydrogens (tertiary/aromatic N) is 2. The third-order valence-corrected chi connectivity index (χ3v) is 4.60. The van der Waals surface area contributed by atoms with Crippen LogP contribution in [0.1, 0.15) is 36.9 Å². The fraction of sp³-hybridized carbons (Fsp3) is 0.778. The summed E-state index contributed by atoms with van der Waals surface area (Å²) in [6.45, 7) is 2.35. The summed E-state index contributed by atoms with van der Waals surface area (Å²) in [5.74, 6) is 1.21. The van der Waals surface area contributed by atoms with Crippen molar-refractivity contribution in [2.45, 2.75) is 25.2 Å². The lowest BCUT2D eigenvalue weighted by atomic mass is 10.1. The van der Waals surface area contributed by atoms with Crippen molar-refractivity contribution in [2.75, 3.05) is 18.1 Å². The molecule has 0 spiro atoms. The van der Waals surface area contributed by atoms with E-state index in [0.717, 1.165) is 0 Å². The van der Waals surface area contributed by atoms with E-state index in [1.54, 1.807) is 0 Å². The molecule has 1 aromatic heterocycles. The molecule has 7 heteroatoms. The van der Waals surface area contributed by atoms with E-state index in [2.05, 4.69) is 10.1 Å². The van der Waals surface area contributed by atoms with Crippen LogP contribution in [0.5, 0.6) is 0 Å². The van der Waals surface area contributed by atoms with E-state index in [1.165, 1.54) is 0 Å². The van der Waals surface area contributed by atoms with Crippen molar-refractivity contribution in [3.8, 4) is 0 Å². The van der Waals surface area contributed by atoms with Crippen molar-refractivity contribution in [1.82, 2.24) is 10.1 Å². The predicted molar refractivity (Wildman–Crippen MR) is 57.8 cm³/mol. The summed E-state index contributed by atoms with van der Waals surface area (Å²) >= 11 is 0. The first-order valence-corrected chi connectivity index (χ1v) is 7.08. The molecule has 2 N–H and O–H groups in total. The summed E-state index contributed by atoms with van der Waals surface area (Å²) in [4.78, 5) is 4.21. The predicted octanol–water partition coefficient (Wildman–Crippen LogP) is 0.0339. The van der Waals surface area contributed by atoms with Gasteiger partial charge in [0.15, 0.2) is 15.7 Å². The largest absolute Gasteiger partial charge is 0.339 e. The van der Waals surface area contributed by atoms with Crippen molar-refractivity contribution < 1.29 is 12.9 Å². The molecule has 0 amide bonds. The molecule has 2 heterocycles. The molecular formula is C9H15N3O3S. The van der Waals surface area contributed by atoms with Gasteiger partial charge in [-0.15, -0.1) is 0 Å². The minimum atomic E-state index is -2.91. The van der Waals surface area contributed by atoms with Crippen molar-refractivity contribution in [3.05, 3.63) is 11.7 Å². The summed E-state index contributed by atoms with van der Waals surface area (Å²) in [6, 6.07) is 0. The highest BCUT2D eigenvalue weighted by Gasteiger charge is 2.33. The van der Waals surface area contributed by atoms with E-state index in [9.17, 15) is 8.42 Å². The molecule has 1 aliphatic heterocycles. The Bertz CT molecular complexity index is 468. The number of nitrogens with two attached hydrogens (primary N) is 1. The summed E-state index contributed by atoms with van der Waals surface area (Å²) in [5, 5.41) is 3.82. The molecule has 1 fully saturated rings. The highest BCUT2D eigenvalue weighted by atomic mass is 32.2. The minimum absolute atomic E-state index is 0.0375. The Morgan fingerprint density at radius 3 is 2.94 bits per heavy atom. The van der Waals surface area contributed by atoms with Crippen LogP contribution >= 0.6 is 0 Å². The first-order valence-electron chi connectivity index (χ1n) is 5.26. The Kier molecular flexibility index (Phi) is 2.98. The van der Waals surface area contributed by atoms with Crippen molar-refractivity contribution in [3.63, 3.8) is 0 Å². The number of hydrogen-bond acceptors (Lipinski definition) is 6. The molecule has 16 heavy (non-hydrogen) atoms. The molecule has 6 nitrogen and oxygen atoms in total. The van der Waals surface area contributed by atoms with Crippen molar-refractivity contribution in [1.29, 1.82) is 0 Å². The zero-order valence-electron chi connectivity index (χ0n) is 9.09. The lowest BCUT2D eigenvalue weighted by Crippen LogP contribution is -2.10. The molecule has 2 unspecified atom stereocenters. The number of rotatable bonds is 3. The number of sulfone groups is 1. The Morgan fingerprint density at radius 1 is 1.62 bits per heavy atom. The first-order chi connectivity index (χ1) is 7.52. The molecule has 90 valence electrons. The average Bonchev–Trinajstić information content (AvgIpc) is 2.83. The van der Waals surface area contributed by atoms with Gasteiger partial charge in [-0.05, 0) is 6.42 Å². The summed E-state index contributed by atoms with van der Waals surface area (Å²) in [5.41, 5.74) is 5.49. The monoisotopic (exact) mass is 245 g/mol. The van der Waals surface area contributed by atoms with Crippen LogP contribution in [0, 0.1) is 0 Å². The van der Waals surface area contributed by atoms with Gasteiger partial charge < -0.3 is 10.3 Å². The van der Waals surface area contributed by atoms with Gasteiger partial charge in [-0.25, -0.2) is 8.42 Å². The van der Waals surface area contributed by atoms with Crippen molar-refractivity contribution in [2.24, 2.45) is 5.73 Å². The smallest absolute Gasteiger partial charge is 0.230 e. The Balaban J connectivity index is 2.14. The van der Waals surface area contributed by atoms with Crippen LogP contribution in [0.25, 0.3) is 0 Å². The molecule has 2 atom stereocenters. The second-order valence-electron chi connectivity index (χ2n) is 4.23. The summed E-state index contributed by atoms with van der Waals surface area (Å²) in [7, 11) is -2.91. The second-order valence-corrected chi connectivity index (χ2v) is 6.46. The lowest BCUT2D eigenvalue weighted by molar-refractivity contribution is 0.354. The molecule has 0 radical (unpaired) electrons. The van der Waals surface area contributed by atoms with E-state index in [0.29, 0.717) is 24.7 Å². The van der Waals surface area contributed by atoms with Gasteiger partial charge in [0.25, 0.3) is 0 Å². The van der Waals surface area contributed by atoms with Gasteiger partial charge in [-0.2, -0.15) is 4.98 Å². The fourth-order valence-electron chi connectivity index (χ4n) is 1.71. The van der Waals surface area contributed by atoms with Gasteiger partial charge in [0.1, 0.15) is 0 Å². The normalized spacial score (nSPS) is 25.8. The Labute approximate surface area is 94.1 Å². The van der Waals surface area contributed by atoms with E-state index >= 15 is 0 Å². The van der Waals surface area contributed by atoms with Crippen LogP contribution in [0.2, 0.25) is 0 Å². The summed E-state index contributed by atoms with van der Waals surface area (Å²) < 4.78 is 27.7. The molecule has 0 aliphatic carbocycles. The molecule has 1 aliphatic rings. The molecule has 0 bridgehead atoms. The molecule has 0 aromatic carbocycles. The molecule has 0 saturated carbocycles. The zero-order valence-corrected chi connectivity index (χ0v) is 9.90. The third-order valence-electron chi connectivity index (χ3n) is 2.83. The van der Waals surface area contributed by atoms with Crippen LogP contribution < -0.4 is 5.73 Å². The van der Waals surface area contributed by atoms with Gasteiger partial charge in [0, 0.05) is 12.5 Å². The van der Waals surface area contributed by atoms with E-state index in [4.69, 9.17) is 10.3 Å². The van der Waals surface area contributed by atoms with Crippen LogP contribution in [0.4, 0.5) is 0 Å². The van der Waals surface area contributed by atoms with Gasteiger partial charge in [-0.1, -0.05) is 12.1 Å². The maximum Gasteiger partial charge on any atom is 0.230 e. The fourth-order valence-corrected chi connectivity index (χ4v) is 3.44. The average molecular weight is 245 g/mol. The SMILES string of the molecule is CC(CN)c1noc(C2CCS(=O)(=O)C2)n1. The minimum Gasteiger partial charge on any atom is -0.339 e. The topological polar surface area (TPSA) is 99.1 Å². The van der Waals surface area contributed by atoms with Crippen LogP contribution in [0.3, 0.4) is 0 Å². The Morgan fingerprint density at radius 2 is 2.38 bits per heavy atom. The number of aromatic nitrogens is 2. The van der Waals surface area contributed by atoms with Gasteiger partial charge in [0.05, 0.1) is 17.4 Å². The standard InChI is InChI=1S/C9H15N3O3S/c1-6(4-10)8-11-9(15-12-8)7-2-3-16(13,14)5-7/h6-7H,2-5,10H2,1H3. The maximum atomic E-state index is 11.3. The maximum absolute atomic E-state index is 11.3. The van der Waals surface area contributed by atoms with Crippen LogP contribution in [-0.4, -0.2) is 36.6 Å². The van der Waals surface area contributed by atoms with Gasteiger partial charge in [-0.3, -0.25) is 0 Å².